The van der Waals surface area contributed by atoms with Crippen LogP contribution in [0.5, 0.6) is 0 Å². The molecular formula is C12H19N3O3S. The number of hydrogen-bond acceptors (Lipinski definition) is 4. The lowest BCUT2D eigenvalue weighted by Crippen LogP contribution is -2.46. The Morgan fingerprint density at radius 3 is 2.63 bits per heavy atom. The number of amides is 2. The van der Waals surface area contributed by atoms with E-state index in [0.717, 1.165) is 10.7 Å². The van der Waals surface area contributed by atoms with Gasteiger partial charge in [0.25, 0.3) is 0 Å². The summed E-state index contributed by atoms with van der Waals surface area (Å²) >= 11 is 1.47. The molecule has 7 heteroatoms. The number of nitrogens with zero attached hydrogens (tertiary/aromatic N) is 1. The minimum Gasteiger partial charge on any atom is -0.480 e. The van der Waals surface area contributed by atoms with Crippen LogP contribution in [0.1, 0.15) is 43.4 Å². The summed E-state index contributed by atoms with van der Waals surface area (Å²) < 4.78 is 0. The first-order valence-electron chi connectivity index (χ1n) is 6.15. The summed E-state index contributed by atoms with van der Waals surface area (Å²) in [7, 11) is 0. The Hall–Kier alpha value is -1.63. The van der Waals surface area contributed by atoms with Crippen LogP contribution in [0.15, 0.2) is 5.38 Å². The number of aliphatic carboxylic acids is 1. The van der Waals surface area contributed by atoms with E-state index in [1.807, 2.05) is 26.2 Å². The average molecular weight is 285 g/mol. The molecule has 2 amide bonds. The van der Waals surface area contributed by atoms with Crippen LogP contribution in [0.3, 0.4) is 0 Å². The van der Waals surface area contributed by atoms with Crippen molar-refractivity contribution in [1.29, 1.82) is 0 Å². The first kappa shape index (κ1) is 15.4. The molecule has 0 bridgehead atoms. The maximum atomic E-state index is 11.7. The number of carboxylic acids is 1. The summed E-state index contributed by atoms with van der Waals surface area (Å²) in [5.41, 5.74) is 0.906. The molecule has 106 valence electrons. The van der Waals surface area contributed by atoms with Gasteiger partial charge in [-0.1, -0.05) is 13.3 Å². The van der Waals surface area contributed by atoms with Gasteiger partial charge in [-0.25, -0.2) is 14.6 Å². The summed E-state index contributed by atoms with van der Waals surface area (Å²) in [5, 5.41) is 16.8. The summed E-state index contributed by atoms with van der Waals surface area (Å²) in [5.74, 6) is -1.02. The highest BCUT2D eigenvalue weighted by atomic mass is 32.1. The minimum atomic E-state index is -1.02. The van der Waals surface area contributed by atoms with Gasteiger partial charge >= 0.3 is 12.0 Å². The second kappa shape index (κ2) is 7.08. The topological polar surface area (TPSA) is 91.3 Å². The third-order valence-electron chi connectivity index (χ3n) is 2.54. The van der Waals surface area contributed by atoms with E-state index in [4.69, 9.17) is 5.11 Å². The number of carboxylic acid groups (broad SMARTS) is 1. The van der Waals surface area contributed by atoms with E-state index in [1.54, 1.807) is 0 Å². The molecule has 1 rings (SSSR count). The van der Waals surface area contributed by atoms with Crippen LogP contribution in [0.25, 0.3) is 0 Å². The number of carbonyl (C=O) groups excluding carboxylic acids is 1. The molecule has 2 atom stereocenters. The third kappa shape index (κ3) is 4.86. The van der Waals surface area contributed by atoms with E-state index >= 15 is 0 Å². The van der Waals surface area contributed by atoms with Crippen molar-refractivity contribution in [2.24, 2.45) is 0 Å². The Kier molecular flexibility index (Phi) is 5.75. The molecule has 0 aliphatic rings. The Labute approximate surface area is 116 Å². The van der Waals surface area contributed by atoms with Crippen molar-refractivity contribution in [3.63, 3.8) is 0 Å². The number of carbonyl (C=O) groups is 2. The standard InChI is InChI=1S/C12H19N3O3S/c1-4-5-9(11(16)17)15-12(18)14-8(3)10-13-7(2)6-19-10/h6,8-9H,4-5H2,1-3H3,(H,16,17)(H2,14,15,18)/t8?,9-/m1/s1. The highest BCUT2D eigenvalue weighted by Crippen LogP contribution is 2.17. The molecule has 0 aliphatic carbocycles. The van der Waals surface area contributed by atoms with E-state index < -0.39 is 18.0 Å². The number of urea groups is 1. The van der Waals surface area contributed by atoms with Gasteiger partial charge in [0.1, 0.15) is 11.0 Å². The lowest BCUT2D eigenvalue weighted by molar-refractivity contribution is -0.139. The van der Waals surface area contributed by atoms with Gasteiger partial charge in [-0.15, -0.1) is 11.3 Å². The maximum Gasteiger partial charge on any atom is 0.326 e. The van der Waals surface area contributed by atoms with Crippen LogP contribution < -0.4 is 10.6 Å². The van der Waals surface area contributed by atoms with Crippen molar-refractivity contribution in [2.75, 3.05) is 0 Å². The highest BCUT2D eigenvalue weighted by molar-refractivity contribution is 7.09. The smallest absolute Gasteiger partial charge is 0.326 e. The Balaban J connectivity index is 2.52. The molecule has 0 aliphatic heterocycles. The number of thiazole rings is 1. The van der Waals surface area contributed by atoms with Gasteiger partial charge in [0.05, 0.1) is 6.04 Å². The highest BCUT2D eigenvalue weighted by Gasteiger charge is 2.20. The number of rotatable bonds is 6. The van der Waals surface area contributed by atoms with E-state index in [9.17, 15) is 9.59 Å². The van der Waals surface area contributed by atoms with Crippen molar-refractivity contribution in [3.8, 4) is 0 Å². The average Bonchev–Trinajstić information content (AvgIpc) is 2.75. The molecular weight excluding hydrogens is 266 g/mol. The molecule has 0 spiro atoms. The van der Waals surface area contributed by atoms with Gasteiger partial charge in [-0.2, -0.15) is 0 Å². The van der Waals surface area contributed by atoms with E-state index in [1.165, 1.54) is 11.3 Å². The van der Waals surface area contributed by atoms with E-state index in [-0.39, 0.29) is 6.04 Å². The van der Waals surface area contributed by atoms with Gasteiger partial charge < -0.3 is 15.7 Å². The second-order valence-electron chi connectivity index (χ2n) is 4.35. The first-order valence-corrected chi connectivity index (χ1v) is 7.03. The van der Waals surface area contributed by atoms with E-state index in [2.05, 4.69) is 15.6 Å². The number of nitrogens with one attached hydrogen (secondary N) is 2. The molecule has 0 saturated carbocycles. The molecule has 0 radical (unpaired) electrons. The zero-order chi connectivity index (χ0) is 14.4. The fourth-order valence-electron chi connectivity index (χ4n) is 1.58. The molecule has 19 heavy (non-hydrogen) atoms. The lowest BCUT2D eigenvalue weighted by atomic mass is 10.2. The predicted molar refractivity (Wildman–Crippen MR) is 73.3 cm³/mol. The summed E-state index contributed by atoms with van der Waals surface area (Å²) in [6.45, 7) is 5.57. The van der Waals surface area contributed by atoms with Gasteiger partial charge in [-0.3, -0.25) is 0 Å². The predicted octanol–water partition coefficient (Wildman–Crippen LogP) is 2.07. The van der Waals surface area contributed by atoms with Gasteiger partial charge in [-0.05, 0) is 20.3 Å². The number of hydrogen-bond donors (Lipinski definition) is 3. The van der Waals surface area contributed by atoms with Gasteiger partial charge in [0.2, 0.25) is 0 Å². The van der Waals surface area contributed by atoms with Crippen molar-refractivity contribution in [1.82, 2.24) is 15.6 Å². The summed E-state index contributed by atoms with van der Waals surface area (Å²) in [4.78, 5) is 26.9. The van der Waals surface area contributed by atoms with Crippen molar-refractivity contribution in [3.05, 3.63) is 16.1 Å². The SMILES string of the molecule is CCC[C@@H](NC(=O)NC(C)c1nc(C)cs1)C(=O)O. The summed E-state index contributed by atoms with van der Waals surface area (Å²) in [6.07, 6.45) is 1.10. The molecule has 0 fully saturated rings. The lowest BCUT2D eigenvalue weighted by Gasteiger charge is -2.16. The number of aryl methyl sites for hydroxylation is 1. The first-order chi connectivity index (χ1) is 8.93. The molecule has 1 aromatic rings. The van der Waals surface area contributed by atoms with Crippen molar-refractivity contribution >= 4 is 23.3 Å². The largest absolute Gasteiger partial charge is 0.480 e. The van der Waals surface area contributed by atoms with Crippen LogP contribution in [-0.4, -0.2) is 28.1 Å². The fraction of sp³-hybridized carbons (Fsp3) is 0.583. The Bertz CT molecular complexity index is 447. The van der Waals surface area contributed by atoms with Gasteiger partial charge in [0.15, 0.2) is 0 Å². The van der Waals surface area contributed by atoms with Crippen LogP contribution in [0, 0.1) is 6.92 Å². The summed E-state index contributed by atoms with van der Waals surface area (Å²) in [6, 6.07) is -1.58. The Morgan fingerprint density at radius 2 is 2.16 bits per heavy atom. The molecule has 1 aromatic heterocycles. The molecule has 1 heterocycles. The number of aromatic nitrogens is 1. The van der Waals surface area contributed by atoms with Crippen molar-refractivity contribution < 1.29 is 14.7 Å². The molecule has 3 N–H and O–H groups in total. The molecule has 0 saturated heterocycles. The van der Waals surface area contributed by atoms with Gasteiger partial charge in [0, 0.05) is 11.1 Å². The molecule has 0 aromatic carbocycles. The van der Waals surface area contributed by atoms with Crippen molar-refractivity contribution in [2.45, 2.75) is 45.7 Å². The zero-order valence-electron chi connectivity index (χ0n) is 11.3. The van der Waals surface area contributed by atoms with Crippen LogP contribution >= 0.6 is 11.3 Å². The van der Waals surface area contributed by atoms with E-state index in [0.29, 0.717) is 12.8 Å². The Morgan fingerprint density at radius 1 is 1.47 bits per heavy atom. The quantitative estimate of drug-likeness (QED) is 0.746. The second-order valence-corrected chi connectivity index (χ2v) is 5.24. The maximum absolute atomic E-state index is 11.7. The fourth-order valence-corrected chi connectivity index (χ4v) is 2.38. The third-order valence-corrected chi connectivity index (χ3v) is 3.68. The monoisotopic (exact) mass is 285 g/mol. The van der Waals surface area contributed by atoms with Crippen LogP contribution in [0.4, 0.5) is 4.79 Å². The minimum absolute atomic E-state index is 0.241. The van der Waals surface area contributed by atoms with Crippen LogP contribution in [0.2, 0.25) is 0 Å². The molecule has 1 unspecified atom stereocenters. The molecule has 6 nitrogen and oxygen atoms in total. The zero-order valence-corrected chi connectivity index (χ0v) is 12.1. The van der Waals surface area contributed by atoms with Crippen LogP contribution in [-0.2, 0) is 4.79 Å². The normalized spacial score (nSPS) is 13.6.